The van der Waals surface area contributed by atoms with Gasteiger partial charge in [-0.15, -0.1) is 0 Å². The minimum absolute atomic E-state index is 0.00201. The molecular formula is C31H31F3N4O3. The van der Waals surface area contributed by atoms with E-state index in [2.05, 4.69) is 15.1 Å². The summed E-state index contributed by atoms with van der Waals surface area (Å²) in [6.45, 7) is 6.95. The Labute approximate surface area is 235 Å². The van der Waals surface area contributed by atoms with Crippen molar-refractivity contribution in [1.82, 2.24) is 15.1 Å². The van der Waals surface area contributed by atoms with Crippen molar-refractivity contribution in [3.05, 3.63) is 88.5 Å². The molecule has 1 fully saturated rings. The summed E-state index contributed by atoms with van der Waals surface area (Å²) in [7, 11) is 0. The molecule has 0 spiro atoms. The summed E-state index contributed by atoms with van der Waals surface area (Å²) in [5.74, 6) is -3.19. The van der Waals surface area contributed by atoms with Crippen LogP contribution < -0.4 is 5.73 Å². The van der Waals surface area contributed by atoms with Crippen molar-refractivity contribution in [3.8, 4) is 22.4 Å². The largest absolute Gasteiger partial charge is 0.388 e. The molecule has 1 aliphatic carbocycles. The molecule has 5 rings (SSSR count). The number of aryl methyl sites for hydroxylation is 2. The fourth-order valence-electron chi connectivity index (χ4n) is 5.79. The third-order valence-corrected chi connectivity index (χ3v) is 8.39. The number of carbonyl (C=O) groups excluding carboxylic acids is 1. The maximum Gasteiger partial charge on any atom is 0.185 e. The van der Waals surface area contributed by atoms with Crippen LogP contribution in [0.15, 0.2) is 47.2 Å². The predicted octanol–water partition coefficient (Wildman–Crippen LogP) is 5.85. The number of rotatable bonds is 6. The Kier molecular flexibility index (Phi) is 7.56. The number of aliphatic hydroxyl groups is 1. The molecular weight excluding hydrogens is 533 g/mol. The van der Waals surface area contributed by atoms with Crippen LogP contribution in [-0.2, 0) is 6.42 Å². The fourth-order valence-corrected chi connectivity index (χ4v) is 5.79. The van der Waals surface area contributed by atoms with E-state index in [1.807, 2.05) is 13.0 Å². The van der Waals surface area contributed by atoms with E-state index in [4.69, 9.17) is 10.3 Å². The highest BCUT2D eigenvalue weighted by molar-refractivity contribution is 5.96. The zero-order valence-corrected chi connectivity index (χ0v) is 23.2. The van der Waals surface area contributed by atoms with Gasteiger partial charge in [0.25, 0.3) is 0 Å². The van der Waals surface area contributed by atoms with E-state index in [0.29, 0.717) is 35.4 Å². The van der Waals surface area contributed by atoms with Gasteiger partial charge in [0.2, 0.25) is 0 Å². The summed E-state index contributed by atoms with van der Waals surface area (Å²) in [6.07, 6.45) is 4.33. The van der Waals surface area contributed by atoms with Gasteiger partial charge in [0, 0.05) is 30.4 Å². The maximum atomic E-state index is 15.3. The third kappa shape index (κ3) is 5.29. The number of ketones is 1. The molecule has 0 aliphatic heterocycles. The fraction of sp³-hybridized carbons (Fsp3) is 0.355. The first-order chi connectivity index (χ1) is 19.4. The number of hydrogen-bond acceptors (Lipinski definition) is 7. The van der Waals surface area contributed by atoms with Crippen molar-refractivity contribution < 1.29 is 27.6 Å². The summed E-state index contributed by atoms with van der Waals surface area (Å²) in [5.41, 5.74) is 6.50. The van der Waals surface area contributed by atoms with Gasteiger partial charge < -0.3 is 15.4 Å². The summed E-state index contributed by atoms with van der Waals surface area (Å²) >= 11 is 0. The Hall–Kier alpha value is -3.89. The van der Waals surface area contributed by atoms with Gasteiger partial charge >= 0.3 is 0 Å². The van der Waals surface area contributed by atoms with Crippen LogP contribution in [0.3, 0.4) is 0 Å². The number of nitrogens with zero attached hydrogens (tertiary/aromatic N) is 3. The van der Waals surface area contributed by atoms with E-state index in [9.17, 15) is 14.3 Å². The second-order valence-electron chi connectivity index (χ2n) is 11.1. The van der Waals surface area contributed by atoms with Crippen LogP contribution in [0.5, 0.6) is 0 Å². The number of nitrogens with two attached hydrogens (primary N) is 1. The second kappa shape index (κ2) is 10.8. The Bertz CT molecular complexity index is 1580. The van der Waals surface area contributed by atoms with E-state index in [-0.39, 0.29) is 29.5 Å². The number of Topliss-reactive ketones (excluding diaryl/α,β-unsaturated/α-hetero) is 1. The summed E-state index contributed by atoms with van der Waals surface area (Å²) in [6, 6.07) is 5.70. The quantitative estimate of drug-likeness (QED) is 0.282. The summed E-state index contributed by atoms with van der Waals surface area (Å²) in [5, 5.41) is 14.5. The molecule has 41 heavy (non-hydrogen) atoms. The molecule has 1 aromatic carbocycles. The molecule has 3 N–H and O–H groups in total. The highest BCUT2D eigenvalue weighted by Crippen LogP contribution is 2.42. The van der Waals surface area contributed by atoms with Gasteiger partial charge in [-0.2, -0.15) is 0 Å². The Morgan fingerprint density at radius 2 is 1.80 bits per heavy atom. The lowest BCUT2D eigenvalue weighted by Gasteiger charge is -2.44. The van der Waals surface area contributed by atoms with E-state index >= 15 is 8.78 Å². The van der Waals surface area contributed by atoms with Crippen LogP contribution in [0.25, 0.3) is 22.4 Å². The molecule has 4 atom stereocenters. The number of pyridine rings is 2. The van der Waals surface area contributed by atoms with Gasteiger partial charge in [0.1, 0.15) is 34.6 Å². The molecule has 0 bridgehead atoms. The maximum absolute atomic E-state index is 15.3. The topological polar surface area (TPSA) is 115 Å². The smallest absolute Gasteiger partial charge is 0.185 e. The van der Waals surface area contributed by atoms with Crippen molar-refractivity contribution in [1.29, 1.82) is 0 Å². The first kappa shape index (κ1) is 28.6. The van der Waals surface area contributed by atoms with E-state index in [1.165, 1.54) is 6.07 Å². The zero-order valence-electron chi connectivity index (χ0n) is 23.2. The molecule has 1 saturated carbocycles. The van der Waals surface area contributed by atoms with Crippen LogP contribution in [0, 0.1) is 37.2 Å². The molecule has 3 heterocycles. The number of carbonyl (C=O) groups is 1. The Morgan fingerprint density at radius 1 is 1.10 bits per heavy atom. The molecule has 7 nitrogen and oxygen atoms in total. The number of benzene rings is 1. The second-order valence-corrected chi connectivity index (χ2v) is 11.1. The van der Waals surface area contributed by atoms with E-state index < -0.39 is 46.1 Å². The van der Waals surface area contributed by atoms with Crippen molar-refractivity contribution in [2.24, 2.45) is 11.7 Å². The van der Waals surface area contributed by atoms with Crippen molar-refractivity contribution in [3.63, 3.8) is 0 Å². The molecule has 214 valence electrons. The summed E-state index contributed by atoms with van der Waals surface area (Å²) in [4.78, 5) is 21.6. The highest BCUT2D eigenvalue weighted by Gasteiger charge is 2.42. The van der Waals surface area contributed by atoms with Crippen LogP contribution in [0.1, 0.15) is 65.7 Å². The number of aromatic nitrogens is 3. The minimum Gasteiger partial charge on any atom is -0.388 e. The molecule has 0 radical (unpaired) electrons. The molecule has 4 aromatic rings. The van der Waals surface area contributed by atoms with Crippen molar-refractivity contribution in [2.45, 2.75) is 64.5 Å². The van der Waals surface area contributed by atoms with E-state index in [1.54, 1.807) is 33.2 Å². The average molecular weight is 565 g/mol. The number of hydrogen-bond donors (Lipinski definition) is 2. The molecule has 3 aromatic heterocycles. The molecule has 1 aliphatic rings. The van der Waals surface area contributed by atoms with Crippen LogP contribution in [0.4, 0.5) is 13.2 Å². The average Bonchev–Trinajstić information content (AvgIpc) is 3.25. The standard InChI is InChI=1S/C31H31F3N4O3/c1-15-9-18(13-27(35)31(15,4)40)21-7-8-36-14-20(21)12-26(39)25-6-5-22(32)30(37-25)29-23(33)10-19(11-24(29)34)28-16(2)38-41-17(28)3/h5-8,10-11,14-15,18,27,40H,9,12-13,35H2,1-4H3/t15-,18+,27+,31+/m0/s1. The Morgan fingerprint density at radius 3 is 2.44 bits per heavy atom. The number of halogens is 3. The monoisotopic (exact) mass is 564 g/mol. The minimum atomic E-state index is -1.04. The molecule has 0 unspecified atom stereocenters. The van der Waals surface area contributed by atoms with Gasteiger partial charge in [-0.3, -0.25) is 9.78 Å². The third-order valence-electron chi connectivity index (χ3n) is 8.39. The van der Waals surface area contributed by atoms with Crippen LogP contribution in [0.2, 0.25) is 0 Å². The van der Waals surface area contributed by atoms with Gasteiger partial charge in [0.05, 0.1) is 16.9 Å². The first-order valence-electron chi connectivity index (χ1n) is 13.4. The van der Waals surface area contributed by atoms with Crippen molar-refractivity contribution >= 4 is 5.78 Å². The Balaban J connectivity index is 1.45. The van der Waals surface area contributed by atoms with Crippen LogP contribution >= 0.6 is 0 Å². The molecule has 0 amide bonds. The lowest BCUT2D eigenvalue weighted by Crippen LogP contribution is -2.54. The molecule has 10 heteroatoms. The molecule has 0 saturated heterocycles. The van der Waals surface area contributed by atoms with Gasteiger partial charge in [-0.1, -0.05) is 12.1 Å². The van der Waals surface area contributed by atoms with Crippen molar-refractivity contribution in [2.75, 3.05) is 0 Å². The van der Waals surface area contributed by atoms with E-state index in [0.717, 1.165) is 23.8 Å². The van der Waals surface area contributed by atoms with Gasteiger partial charge in [-0.25, -0.2) is 18.2 Å². The lowest BCUT2D eigenvalue weighted by molar-refractivity contribution is -0.0464. The zero-order chi connectivity index (χ0) is 29.6. The summed E-state index contributed by atoms with van der Waals surface area (Å²) < 4.78 is 50.5. The lowest BCUT2D eigenvalue weighted by atomic mass is 9.67. The normalized spacial score (nSPS) is 22.6. The predicted molar refractivity (Wildman–Crippen MR) is 147 cm³/mol. The van der Waals surface area contributed by atoms with Gasteiger partial charge in [-0.05, 0) is 92.5 Å². The van der Waals surface area contributed by atoms with Crippen LogP contribution in [-0.4, -0.2) is 37.7 Å². The first-order valence-corrected chi connectivity index (χ1v) is 13.4. The SMILES string of the molecule is Cc1noc(C)c1-c1cc(F)c(-c2nc(C(=O)Cc3cnccc3[C@H]3C[C@@H](N)[C@](C)(O)[C@@H](C)C3)ccc2F)c(F)c1. The van der Waals surface area contributed by atoms with Gasteiger partial charge in [0.15, 0.2) is 5.78 Å². The highest BCUT2D eigenvalue weighted by atomic mass is 19.1.